The summed E-state index contributed by atoms with van der Waals surface area (Å²) in [5.41, 5.74) is 3.72. The van der Waals surface area contributed by atoms with E-state index >= 15 is 0 Å². The lowest BCUT2D eigenvalue weighted by Gasteiger charge is -2.16. The number of aryl methyl sites for hydroxylation is 2. The summed E-state index contributed by atoms with van der Waals surface area (Å²) in [4.78, 5) is 4.07. The molecule has 2 aromatic heterocycles. The molecule has 19 heavy (non-hydrogen) atoms. The lowest BCUT2D eigenvalue weighted by molar-refractivity contribution is 0.540. The molecule has 0 aromatic carbocycles. The Morgan fingerprint density at radius 1 is 1.26 bits per heavy atom. The predicted molar refractivity (Wildman–Crippen MR) is 77.0 cm³/mol. The standard InChI is InChI=1S/C15H22N4/c1-4-13-10-14(19(5-2)18-13)11-15(16-3)12-6-8-17-9-7-12/h6-10,15-16H,4-5,11H2,1-3H3. The Kier molecular flexibility index (Phi) is 4.68. The molecule has 0 aliphatic rings. The number of rotatable bonds is 6. The number of hydrogen-bond acceptors (Lipinski definition) is 3. The van der Waals surface area contributed by atoms with Crippen molar-refractivity contribution in [1.29, 1.82) is 0 Å². The maximum atomic E-state index is 4.60. The molecule has 2 aromatic rings. The summed E-state index contributed by atoms with van der Waals surface area (Å²) < 4.78 is 2.10. The van der Waals surface area contributed by atoms with Gasteiger partial charge in [0.2, 0.25) is 0 Å². The lowest BCUT2D eigenvalue weighted by Crippen LogP contribution is -2.20. The van der Waals surface area contributed by atoms with Gasteiger partial charge in [-0.15, -0.1) is 0 Å². The fourth-order valence-corrected chi connectivity index (χ4v) is 2.32. The highest BCUT2D eigenvalue weighted by molar-refractivity contribution is 5.19. The molecule has 2 heterocycles. The molecule has 0 fully saturated rings. The second kappa shape index (κ2) is 6.48. The van der Waals surface area contributed by atoms with Crippen LogP contribution in [0.2, 0.25) is 0 Å². The van der Waals surface area contributed by atoms with Gasteiger partial charge in [0, 0.05) is 37.1 Å². The topological polar surface area (TPSA) is 42.7 Å². The van der Waals surface area contributed by atoms with Crippen molar-refractivity contribution in [2.75, 3.05) is 7.05 Å². The molecule has 0 saturated carbocycles. The van der Waals surface area contributed by atoms with Crippen molar-refractivity contribution in [3.63, 3.8) is 0 Å². The van der Waals surface area contributed by atoms with E-state index in [1.165, 1.54) is 17.0 Å². The van der Waals surface area contributed by atoms with Crippen LogP contribution in [0, 0.1) is 0 Å². The first-order valence-corrected chi connectivity index (χ1v) is 6.91. The highest BCUT2D eigenvalue weighted by Crippen LogP contribution is 2.18. The van der Waals surface area contributed by atoms with Crippen molar-refractivity contribution < 1.29 is 0 Å². The van der Waals surface area contributed by atoms with Crippen molar-refractivity contribution in [2.45, 2.75) is 39.3 Å². The predicted octanol–water partition coefficient (Wildman–Crippen LogP) is 2.36. The Labute approximate surface area is 114 Å². The van der Waals surface area contributed by atoms with Crippen molar-refractivity contribution in [2.24, 2.45) is 0 Å². The van der Waals surface area contributed by atoms with Crippen LogP contribution < -0.4 is 5.32 Å². The zero-order valence-electron chi connectivity index (χ0n) is 11.9. The number of aromatic nitrogens is 3. The molecule has 0 amide bonds. The van der Waals surface area contributed by atoms with Crippen LogP contribution in [0.5, 0.6) is 0 Å². The third-order valence-electron chi connectivity index (χ3n) is 3.45. The molecular formula is C15H22N4. The van der Waals surface area contributed by atoms with Gasteiger partial charge in [-0.25, -0.2) is 0 Å². The smallest absolute Gasteiger partial charge is 0.0624 e. The summed E-state index contributed by atoms with van der Waals surface area (Å²) in [6, 6.07) is 6.65. The van der Waals surface area contributed by atoms with E-state index in [1.54, 1.807) is 0 Å². The molecule has 0 saturated heterocycles. The van der Waals surface area contributed by atoms with E-state index in [9.17, 15) is 0 Å². The second-order valence-corrected chi connectivity index (χ2v) is 4.62. The van der Waals surface area contributed by atoms with Gasteiger partial charge in [-0.2, -0.15) is 5.10 Å². The van der Waals surface area contributed by atoms with Crippen molar-refractivity contribution in [3.8, 4) is 0 Å². The number of likely N-dealkylation sites (N-methyl/N-ethyl adjacent to an activating group) is 1. The summed E-state index contributed by atoms with van der Waals surface area (Å²) in [6.07, 6.45) is 5.61. The molecule has 1 atom stereocenters. The largest absolute Gasteiger partial charge is 0.313 e. The van der Waals surface area contributed by atoms with Crippen LogP contribution in [0.1, 0.15) is 36.8 Å². The SMILES string of the molecule is CCc1cc(CC(NC)c2ccncc2)n(CC)n1. The Bertz CT molecular complexity index is 504. The minimum absolute atomic E-state index is 0.301. The summed E-state index contributed by atoms with van der Waals surface area (Å²) in [5.74, 6) is 0. The van der Waals surface area contributed by atoms with Crippen molar-refractivity contribution in [1.82, 2.24) is 20.1 Å². The zero-order chi connectivity index (χ0) is 13.7. The molecule has 0 radical (unpaired) electrons. The molecule has 4 nitrogen and oxygen atoms in total. The molecule has 0 bridgehead atoms. The van der Waals surface area contributed by atoms with E-state index in [2.05, 4.69) is 52.1 Å². The first-order valence-electron chi connectivity index (χ1n) is 6.91. The molecular weight excluding hydrogens is 236 g/mol. The van der Waals surface area contributed by atoms with Gasteiger partial charge in [-0.05, 0) is 44.2 Å². The average molecular weight is 258 g/mol. The Hall–Kier alpha value is -1.68. The fourth-order valence-electron chi connectivity index (χ4n) is 2.32. The van der Waals surface area contributed by atoms with Crippen molar-refractivity contribution >= 4 is 0 Å². The number of hydrogen-bond donors (Lipinski definition) is 1. The highest BCUT2D eigenvalue weighted by atomic mass is 15.3. The van der Waals surface area contributed by atoms with E-state index in [-0.39, 0.29) is 0 Å². The molecule has 0 spiro atoms. The minimum Gasteiger partial charge on any atom is -0.313 e. The molecule has 1 N–H and O–H groups in total. The summed E-state index contributed by atoms with van der Waals surface area (Å²) in [7, 11) is 2.00. The Balaban J connectivity index is 2.21. The van der Waals surface area contributed by atoms with Gasteiger partial charge in [0.15, 0.2) is 0 Å². The molecule has 2 rings (SSSR count). The average Bonchev–Trinajstić information content (AvgIpc) is 2.87. The normalized spacial score (nSPS) is 12.6. The number of pyridine rings is 1. The maximum Gasteiger partial charge on any atom is 0.0624 e. The maximum absolute atomic E-state index is 4.60. The first kappa shape index (κ1) is 13.7. The molecule has 0 aliphatic heterocycles. The van der Waals surface area contributed by atoms with Gasteiger partial charge in [0.1, 0.15) is 0 Å². The summed E-state index contributed by atoms with van der Waals surface area (Å²) in [6.45, 7) is 5.20. The van der Waals surface area contributed by atoms with Crippen LogP contribution in [0.25, 0.3) is 0 Å². The van der Waals surface area contributed by atoms with Crippen LogP contribution in [-0.2, 0) is 19.4 Å². The second-order valence-electron chi connectivity index (χ2n) is 4.62. The fraction of sp³-hybridized carbons (Fsp3) is 0.467. The van der Waals surface area contributed by atoms with Gasteiger partial charge in [0.05, 0.1) is 5.69 Å². The van der Waals surface area contributed by atoms with Gasteiger partial charge in [-0.3, -0.25) is 9.67 Å². The Morgan fingerprint density at radius 3 is 2.58 bits per heavy atom. The van der Waals surface area contributed by atoms with Crippen molar-refractivity contribution in [3.05, 3.63) is 47.5 Å². The van der Waals surface area contributed by atoms with E-state index < -0.39 is 0 Å². The van der Waals surface area contributed by atoms with Gasteiger partial charge in [0.25, 0.3) is 0 Å². The van der Waals surface area contributed by atoms with Crippen LogP contribution in [-0.4, -0.2) is 21.8 Å². The third-order valence-corrected chi connectivity index (χ3v) is 3.45. The lowest BCUT2D eigenvalue weighted by atomic mass is 10.0. The van der Waals surface area contributed by atoms with E-state index in [0.29, 0.717) is 6.04 Å². The Morgan fingerprint density at radius 2 is 2.00 bits per heavy atom. The van der Waals surface area contributed by atoms with Crippen LogP contribution in [0.4, 0.5) is 0 Å². The summed E-state index contributed by atoms with van der Waals surface area (Å²) >= 11 is 0. The summed E-state index contributed by atoms with van der Waals surface area (Å²) in [5, 5.41) is 7.98. The van der Waals surface area contributed by atoms with Gasteiger partial charge in [-0.1, -0.05) is 6.92 Å². The number of nitrogens with zero attached hydrogens (tertiary/aromatic N) is 3. The van der Waals surface area contributed by atoms with Gasteiger partial charge < -0.3 is 5.32 Å². The monoisotopic (exact) mass is 258 g/mol. The molecule has 4 heteroatoms. The van der Waals surface area contributed by atoms with Crippen LogP contribution in [0.3, 0.4) is 0 Å². The molecule has 0 aliphatic carbocycles. The highest BCUT2D eigenvalue weighted by Gasteiger charge is 2.14. The van der Waals surface area contributed by atoms with E-state index in [1.807, 2.05) is 19.4 Å². The van der Waals surface area contributed by atoms with Crippen LogP contribution >= 0.6 is 0 Å². The first-order chi connectivity index (χ1) is 9.28. The quantitative estimate of drug-likeness (QED) is 0.865. The number of nitrogens with one attached hydrogen (secondary N) is 1. The van der Waals surface area contributed by atoms with Gasteiger partial charge >= 0.3 is 0 Å². The van der Waals surface area contributed by atoms with Crippen LogP contribution in [0.15, 0.2) is 30.6 Å². The zero-order valence-corrected chi connectivity index (χ0v) is 11.9. The third kappa shape index (κ3) is 3.20. The molecule has 1 unspecified atom stereocenters. The van der Waals surface area contributed by atoms with E-state index in [0.717, 1.165) is 19.4 Å². The molecule has 102 valence electrons. The van der Waals surface area contributed by atoms with E-state index in [4.69, 9.17) is 0 Å². The minimum atomic E-state index is 0.301.